The number of nitro groups is 1. The van der Waals surface area contributed by atoms with Crippen molar-refractivity contribution in [2.24, 2.45) is 0 Å². The quantitative estimate of drug-likeness (QED) is 0.260. The Hall–Kier alpha value is -2.80. The van der Waals surface area contributed by atoms with E-state index in [-0.39, 0.29) is 22.4 Å². The van der Waals surface area contributed by atoms with Crippen molar-refractivity contribution in [3.8, 4) is 11.3 Å². The number of pyridine rings is 1. The summed E-state index contributed by atoms with van der Waals surface area (Å²) >= 11 is 3.38. The summed E-state index contributed by atoms with van der Waals surface area (Å²) in [6.07, 6.45) is 1.50. The van der Waals surface area contributed by atoms with Gasteiger partial charge in [0, 0.05) is 40.5 Å². The number of hydrogen-bond donors (Lipinski definition) is 0. The zero-order chi connectivity index (χ0) is 20.0. The minimum atomic E-state index is -0.529. The van der Waals surface area contributed by atoms with Crippen LogP contribution in [0.5, 0.6) is 0 Å². The third-order valence-electron chi connectivity index (χ3n) is 5.20. The van der Waals surface area contributed by atoms with Gasteiger partial charge in [-0.2, -0.15) is 0 Å². The molecule has 1 aliphatic rings. The Morgan fingerprint density at radius 2 is 1.86 bits per heavy atom. The number of non-ortho nitro benzene ring substituents is 1. The SMILES string of the molecule is CCc1ccc2c(c1)C(=O)c1c-2n(CCCBr)c(=O)c2cc([N+](=O)[O-])ccc12. The number of hydrogen-bond acceptors (Lipinski definition) is 4. The first-order valence-electron chi connectivity index (χ1n) is 9.06. The molecule has 0 saturated carbocycles. The summed E-state index contributed by atoms with van der Waals surface area (Å²) in [4.78, 5) is 37.1. The van der Waals surface area contributed by atoms with Gasteiger partial charge in [-0.1, -0.05) is 35.0 Å². The summed E-state index contributed by atoms with van der Waals surface area (Å²) in [5.41, 5.74) is 3.01. The van der Waals surface area contributed by atoms with E-state index in [1.807, 2.05) is 25.1 Å². The van der Waals surface area contributed by atoms with Crippen LogP contribution in [0.2, 0.25) is 0 Å². The maximum atomic E-state index is 13.3. The summed E-state index contributed by atoms with van der Waals surface area (Å²) in [5.74, 6) is -0.133. The molecule has 0 aliphatic heterocycles. The zero-order valence-corrected chi connectivity index (χ0v) is 16.8. The minimum absolute atomic E-state index is 0.133. The largest absolute Gasteiger partial charge is 0.307 e. The summed E-state index contributed by atoms with van der Waals surface area (Å²) in [5, 5.41) is 12.6. The number of carbonyl (C=O) groups excluding carboxylic acids is 1. The third-order valence-corrected chi connectivity index (χ3v) is 5.76. The van der Waals surface area contributed by atoms with Crippen LogP contribution in [0.4, 0.5) is 5.69 Å². The third kappa shape index (κ3) is 2.69. The fourth-order valence-corrected chi connectivity index (χ4v) is 4.08. The molecule has 0 N–H and O–H groups in total. The van der Waals surface area contributed by atoms with Crippen molar-refractivity contribution in [3.05, 3.63) is 73.6 Å². The van der Waals surface area contributed by atoms with Gasteiger partial charge < -0.3 is 4.57 Å². The maximum absolute atomic E-state index is 13.3. The van der Waals surface area contributed by atoms with Crippen molar-refractivity contribution < 1.29 is 9.72 Å². The van der Waals surface area contributed by atoms with E-state index in [0.717, 1.165) is 17.5 Å². The van der Waals surface area contributed by atoms with Gasteiger partial charge in [0.05, 0.1) is 21.6 Å². The Labute approximate surface area is 169 Å². The summed E-state index contributed by atoms with van der Waals surface area (Å²) in [7, 11) is 0. The number of nitrogens with zero attached hydrogens (tertiary/aromatic N) is 2. The highest BCUT2D eigenvalue weighted by Gasteiger charge is 2.33. The number of benzene rings is 2. The highest BCUT2D eigenvalue weighted by molar-refractivity contribution is 9.09. The molecule has 3 aromatic rings. The molecule has 6 nitrogen and oxygen atoms in total. The number of alkyl halides is 1. The monoisotopic (exact) mass is 440 g/mol. The van der Waals surface area contributed by atoms with E-state index in [1.165, 1.54) is 18.2 Å². The lowest BCUT2D eigenvalue weighted by molar-refractivity contribution is -0.384. The molecule has 0 bridgehead atoms. The summed E-state index contributed by atoms with van der Waals surface area (Å²) in [6, 6.07) is 9.90. The fraction of sp³-hybridized carbons (Fsp3) is 0.238. The molecule has 0 atom stereocenters. The second-order valence-corrected chi connectivity index (χ2v) is 7.57. The van der Waals surface area contributed by atoms with Gasteiger partial charge >= 0.3 is 0 Å². The Morgan fingerprint density at radius 1 is 1.07 bits per heavy atom. The van der Waals surface area contributed by atoms with E-state index in [0.29, 0.717) is 40.5 Å². The molecule has 0 saturated heterocycles. The highest BCUT2D eigenvalue weighted by atomic mass is 79.9. The molecule has 2 aromatic carbocycles. The zero-order valence-electron chi connectivity index (χ0n) is 15.2. The molecule has 0 fully saturated rings. The number of rotatable bonds is 5. The second-order valence-electron chi connectivity index (χ2n) is 6.77. The summed E-state index contributed by atoms with van der Waals surface area (Å²) in [6.45, 7) is 2.45. The lowest BCUT2D eigenvalue weighted by Crippen LogP contribution is -2.23. The lowest BCUT2D eigenvalue weighted by atomic mass is 10.0. The van der Waals surface area contributed by atoms with Crippen LogP contribution in [-0.2, 0) is 13.0 Å². The minimum Gasteiger partial charge on any atom is -0.307 e. The Bertz CT molecular complexity index is 1210. The van der Waals surface area contributed by atoms with E-state index >= 15 is 0 Å². The predicted octanol–water partition coefficient (Wildman–Crippen LogP) is 4.47. The van der Waals surface area contributed by atoms with Gasteiger partial charge in [-0.15, -0.1) is 0 Å². The number of fused-ring (bicyclic) bond motifs is 5. The fourth-order valence-electron chi connectivity index (χ4n) is 3.83. The topological polar surface area (TPSA) is 82.2 Å². The first-order valence-corrected chi connectivity index (χ1v) is 10.2. The van der Waals surface area contributed by atoms with Crippen LogP contribution >= 0.6 is 15.9 Å². The number of aryl methyl sites for hydroxylation is 1. The molecular weight excluding hydrogens is 424 g/mol. The van der Waals surface area contributed by atoms with E-state index in [4.69, 9.17) is 0 Å². The normalized spacial score (nSPS) is 12.3. The summed E-state index contributed by atoms with van der Waals surface area (Å²) < 4.78 is 1.60. The Morgan fingerprint density at radius 3 is 2.54 bits per heavy atom. The second kappa shape index (κ2) is 6.98. The number of carbonyl (C=O) groups is 1. The van der Waals surface area contributed by atoms with Crippen LogP contribution in [0.15, 0.2) is 41.2 Å². The lowest BCUT2D eigenvalue weighted by Gasteiger charge is -2.14. The maximum Gasteiger partial charge on any atom is 0.270 e. The number of halogens is 1. The molecule has 1 aliphatic carbocycles. The van der Waals surface area contributed by atoms with Crippen LogP contribution in [0.3, 0.4) is 0 Å². The van der Waals surface area contributed by atoms with Gasteiger partial charge in [-0.3, -0.25) is 19.7 Å². The van der Waals surface area contributed by atoms with Crippen LogP contribution in [0.25, 0.3) is 22.0 Å². The van der Waals surface area contributed by atoms with Gasteiger partial charge in [0.2, 0.25) is 0 Å². The molecule has 0 spiro atoms. The molecule has 1 heterocycles. The van der Waals surface area contributed by atoms with Crippen molar-refractivity contribution in [1.82, 2.24) is 4.57 Å². The number of ketones is 1. The molecule has 28 heavy (non-hydrogen) atoms. The number of aromatic nitrogens is 1. The van der Waals surface area contributed by atoms with Crippen LogP contribution in [-0.4, -0.2) is 20.6 Å². The van der Waals surface area contributed by atoms with Gasteiger partial charge in [-0.25, -0.2) is 0 Å². The van der Waals surface area contributed by atoms with Crippen LogP contribution in [0.1, 0.15) is 34.8 Å². The van der Waals surface area contributed by atoms with E-state index in [9.17, 15) is 19.7 Å². The van der Waals surface area contributed by atoms with Gasteiger partial charge in [0.1, 0.15) is 0 Å². The van der Waals surface area contributed by atoms with Crippen molar-refractivity contribution in [1.29, 1.82) is 0 Å². The molecule has 0 amide bonds. The van der Waals surface area contributed by atoms with Gasteiger partial charge in [0.25, 0.3) is 11.2 Å². The average molecular weight is 441 g/mol. The molecular formula is C21H17BrN2O4. The van der Waals surface area contributed by atoms with Gasteiger partial charge in [0.15, 0.2) is 5.78 Å². The van der Waals surface area contributed by atoms with Crippen molar-refractivity contribution >= 4 is 38.2 Å². The molecule has 0 radical (unpaired) electrons. The van der Waals surface area contributed by atoms with E-state index in [2.05, 4.69) is 15.9 Å². The molecule has 1 aromatic heterocycles. The Balaban J connectivity index is 2.11. The first kappa shape index (κ1) is 18.6. The highest BCUT2D eigenvalue weighted by Crippen LogP contribution is 2.40. The predicted molar refractivity (Wildman–Crippen MR) is 112 cm³/mol. The molecule has 0 unspecified atom stereocenters. The molecule has 4 rings (SSSR count). The average Bonchev–Trinajstić information content (AvgIpc) is 2.99. The standard InChI is InChI=1S/C21H17BrN2O4/c1-2-12-4-6-15-16(10-12)20(25)18-14-7-5-13(24(27)28)11-17(14)21(26)23(19(15)18)9-3-8-22/h4-7,10-11H,2-3,8-9H2,1H3. The van der Waals surface area contributed by atoms with Crippen molar-refractivity contribution in [2.45, 2.75) is 26.3 Å². The van der Waals surface area contributed by atoms with Crippen molar-refractivity contribution in [2.75, 3.05) is 5.33 Å². The van der Waals surface area contributed by atoms with Crippen LogP contribution in [0, 0.1) is 10.1 Å². The Kier molecular flexibility index (Phi) is 4.63. The number of nitro benzene ring substituents is 1. The van der Waals surface area contributed by atoms with Crippen molar-refractivity contribution in [3.63, 3.8) is 0 Å². The van der Waals surface area contributed by atoms with Gasteiger partial charge in [-0.05, 0) is 30.5 Å². The smallest absolute Gasteiger partial charge is 0.270 e. The molecule has 7 heteroatoms. The van der Waals surface area contributed by atoms with E-state index in [1.54, 1.807) is 4.57 Å². The van der Waals surface area contributed by atoms with Crippen LogP contribution < -0.4 is 5.56 Å². The molecule has 142 valence electrons. The van der Waals surface area contributed by atoms with E-state index < -0.39 is 4.92 Å². The first-order chi connectivity index (χ1) is 13.5.